The minimum Gasteiger partial charge on any atom is -0.295 e. The van der Waals surface area contributed by atoms with E-state index in [2.05, 4.69) is 38.7 Å². The van der Waals surface area contributed by atoms with Crippen LogP contribution in [-0.4, -0.2) is 27.0 Å². The van der Waals surface area contributed by atoms with Crippen LogP contribution in [0.15, 0.2) is 29.5 Å². The summed E-state index contributed by atoms with van der Waals surface area (Å²) < 4.78 is 1.76. The Bertz CT molecular complexity index is 1410. The number of carbonyl (C=O) groups is 3. The quantitative estimate of drug-likeness (QED) is 0.425. The average molecular weight is 528 g/mol. The van der Waals surface area contributed by atoms with Gasteiger partial charge >= 0.3 is 0 Å². The number of ketones is 2. The molecule has 1 aromatic heterocycles. The molecule has 0 radical (unpaired) electrons. The number of hydrogen-bond acceptors (Lipinski definition) is 5. The zero-order chi connectivity index (χ0) is 28.1. The average Bonchev–Trinajstić information content (AvgIpc) is 3.22. The summed E-state index contributed by atoms with van der Waals surface area (Å²) in [5.41, 5.74) is 1.05. The minimum absolute atomic E-state index is 0.0135. The first-order valence-electron chi connectivity index (χ1n) is 14.8. The molecule has 0 saturated heterocycles. The lowest BCUT2D eigenvalue weighted by Gasteiger charge is -2.63. The van der Waals surface area contributed by atoms with Gasteiger partial charge in [-0.1, -0.05) is 39.3 Å². The van der Waals surface area contributed by atoms with Crippen LogP contribution < -0.4 is 0 Å². The highest BCUT2D eigenvalue weighted by molar-refractivity contribution is 6.01. The molecule has 5 aliphatic rings. The van der Waals surface area contributed by atoms with Gasteiger partial charge in [-0.3, -0.25) is 19.0 Å². The van der Waals surface area contributed by atoms with Gasteiger partial charge in [0.25, 0.3) is 0 Å². The molecule has 5 aliphatic carbocycles. The van der Waals surface area contributed by atoms with Crippen LogP contribution in [0.1, 0.15) is 95.4 Å². The molecule has 39 heavy (non-hydrogen) atoms. The van der Waals surface area contributed by atoms with Crippen molar-refractivity contribution in [3.05, 3.63) is 41.0 Å². The summed E-state index contributed by atoms with van der Waals surface area (Å²) in [6.45, 7) is 12.9. The molecule has 0 N–H and O–H groups in total. The first-order valence-corrected chi connectivity index (χ1v) is 14.8. The molecular formula is C33H41N3O3. The Hall–Kier alpha value is -2.81. The standard InChI is InChI=1S/C33H41N3O3/c1-19-18-36(20(2)35-19)29(39)33-10-8-23-28(24(33)16-30(3,4)11-12-33)26(38)14-27-31(23,5)9-7-22-13-25(37)21(17-34)15-32(22,27)6/h14-15,18,22-24,28H,7-13,16H2,1-6H3. The number of nitrogens with zero attached hydrogens (tertiary/aromatic N) is 3. The van der Waals surface area contributed by atoms with Crippen molar-refractivity contribution in [2.45, 2.75) is 92.9 Å². The largest absolute Gasteiger partial charge is 0.295 e. The third kappa shape index (κ3) is 3.57. The number of allylic oxidation sites excluding steroid dienone is 4. The summed E-state index contributed by atoms with van der Waals surface area (Å²) in [4.78, 5) is 45.9. The predicted molar refractivity (Wildman–Crippen MR) is 147 cm³/mol. The number of aryl methyl sites for hydroxylation is 2. The Balaban J connectivity index is 1.47. The van der Waals surface area contributed by atoms with Crippen molar-refractivity contribution >= 4 is 17.5 Å². The number of imidazole rings is 1. The van der Waals surface area contributed by atoms with E-state index >= 15 is 0 Å². The summed E-state index contributed by atoms with van der Waals surface area (Å²) in [6, 6.07) is 2.13. The van der Waals surface area contributed by atoms with E-state index in [1.165, 1.54) is 0 Å². The Labute approximate surface area is 231 Å². The smallest absolute Gasteiger partial charge is 0.238 e. The summed E-state index contributed by atoms with van der Waals surface area (Å²) in [7, 11) is 0. The molecule has 1 aromatic rings. The van der Waals surface area contributed by atoms with Gasteiger partial charge in [-0.2, -0.15) is 5.26 Å². The monoisotopic (exact) mass is 527 g/mol. The maximum atomic E-state index is 14.4. The van der Waals surface area contributed by atoms with Crippen LogP contribution in [0.3, 0.4) is 0 Å². The van der Waals surface area contributed by atoms with Gasteiger partial charge in [0.15, 0.2) is 11.6 Å². The van der Waals surface area contributed by atoms with Crippen LogP contribution in [0.25, 0.3) is 0 Å². The van der Waals surface area contributed by atoms with Crippen molar-refractivity contribution in [3.8, 4) is 6.07 Å². The second kappa shape index (κ2) is 8.35. The molecule has 0 bridgehead atoms. The van der Waals surface area contributed by atoms with Crippen molar-refractivity contribution in [2.75, 3.05) is 0 Å². The van der Waals surface area contributed by atoms with Gasteiger partial charge in [0.2, 0.25) is 5.91 Å². The molecule has 0 aliphatic heterocycles. The molecule has 206 valence electrons. The first-order chi connectivity index (χ1) is 18.3. The van der Waals surface area contributed by atoms with E-state index in [9.17, 15) is 19.6 Å². The van der Waals surface area contributed by atoms with Crippen LogP contribution in [0.4, 0.5) is 0 Å². The van der Waals surface area contributed by atoms with Crippen LogP contribution in [0, 0.1) is 70.5 Å². The van der Waals surface area contributed by atoms with E-state index in [0.29, 0.717) is 6.42 Å². The second-order valence-corrected chi connectivity index (χ2v) is 14.6. The fourth-order valence-corrected chi connectivity index (χ4v) is 9.85. The topological polar surface area (TPSA) is 92.8 Å². The van der Waals surface area contributed by atoms with E-state index in [4.69, 9.17) is 0 Å². The van der Waals surface area contributed by atoms with Gasteiger partial charge in [-0.25, -0.2) is 4.98 Å². The number of rotatable bonds is 1. The molecule has 0 aromatic carbocycles. The number of nitriles is 1. The number of hydrogen-bond donors (Lipinski definition) is 0. The van der Waals surface area contributed by atoms with Gasteiger partial charge in [0.05, 0.1) is 16.7 Å². The molecule has 7 atom stereocenters. The van der Waals surface area contributed by atoms with Gasteiger partial charge in [0, 0.05) is 24.0 Å². The highest BCUT2D eigenvalue weighted by Crippen LogP contribution is 2.69. The molecule has 0 amide bonds. The van der Waals surface area contributed by atoms with Crippen molar-refractivity contribution in [1.82, 2.24) is 9.55 Å². The zero-order valence-electron chi connectivity index (χ0n) is 24.3. The lowest BCUT2D eigenvalue weighted by atomic mass is 9.40. The maximum Gasteiger partial charge on any atom is 0.238 e. The molecule has 3 saturated carbocycles. The fraction of sp³-hybridized carbons (Fsp3) is 0.667. The highest BCUT2D eigenvalue weighted by atomic mass is 16.2. The Morgan fingerprint density at radius 3 is 2.46 bits per heavy atom. The second-order valence-electron chi connectivity index (χ2n) is 14.6. The number of aromatic nitrogens is 2. The number of fused-ring (bicyclic) bond motifs is 7. The third-order valence-electron chi connectivity index (χ3n) is 11.9. The Morgan fingerprint density at radius 1 is 1.05 bits per heavy atom. The molecule has 6 heteroatoms. The van der Waals surface area contributed by atoms with Crippen LogP contribution >= 0.6 is 0 Å². The summed E-state index contributed by atoms with van der Waals surface area (Å²) in [5.74, 6) is 0.998. The first kappa shape index (κ1) is 26.4. The van der Waals surface area contributed by atoms with E-state index in [1.807, 2.05) is 32.2 Å². The van der Waals surface area contributed by atoms with Gasteiger partial charge in [-0.05, 0) is 93.5 Å². The van der Waals surface area contributed by atoms with E-state index in [1.54, 1.807) is 4.57 Å². The van der Waals surface area contributed by atoms with Crippen LogP contribution in [-0.2, 0) is 9.59 Å². The molecular weight excluding hydrogens is 486 g/mol. The van der Waals surface area contributed by atoms with E-state index in [0.717, 1.165) is 62.0 Å². The molecule has 6 rings (SSSR count). The zero-order valence-corrected chi connectivity index (χ0v) is 24.3. The highest BCUT2D eigenvalue weighted by Gasteiger charge is 2.65. The molecule has 7 unspecified atom stereocenters. The number of carbonyl (C=O) groups excluding carboxylic acids is 3. The predicted octanol–water partition coefficient (Wildman–Crippen LogP) is 6.33. The fourth-order valence-electron chi connectivity index (χ4n) is 9.85. The van der Waals surface area contributed by atoms with E-state index < -0.39 is 10.8 Å². The molecule has 6 nitrogen and oxygen atoms in total. The number of Topliss-reactive ketones (excluding diaryl/α,β-unsaturated/α-hetero) is 1. The summed E-state index contributed by atoms with van der Waals surface area (Å²) >= 11 is 0. The molecule has 3 fully saturated rings. The Morgan fingerprint density at radius 2 is 1.79 bits per heavy atom. The van der Waals surface area contributed by atoms with Crippen molar-refractivity contribution < 1.29 is 14.4 Å². The van der Waals surface area contributed by atoms with E-state index in [-0.39, 0.29) is 57.5 Å². The normalized spacial score (nSPS) is 40.7. The third-order valence-corrected chi connectivity index (χ3v) is 11.9. The maximum absolute atomic E-state index is 14.4. The van der Waals surface area contributed by atoms with Crippen molar-refractivity contribution in [2.24, 2.45) is 45.3 Å². The van der Waals surface area contributed by atoms with Gasteiger partial charge in [-0.15, -0.1) is 0 Å². The summed E-state index contributed by atoms with van der Waals surface area (Å²) in [5, 5.41) is 9.68. The van der Waals surface area contributed by atoms with Crippen LogP contribution in [0.5, 0.6) is 0 Å². The summed E-state index contributed by atoms with van der Waals surface area (Å²) in [6.07, 6.45) is 12.2. The minimum atomic E-state index is -0.557. The van der Waals surface area contributed by atoms with Crippen LogP contribution in [0.2, 0.25) is 0 Å². The SMILES string of the molecule is Cc1cn(C(=O)C23CCC4C(C(=O)C=C5C6(C)C=C(C#N)C(=O)CC6CCC54C)C2CC(C)(C)CC3)c(C)n1. The van der Waals surface area contributed by atoms with Crippen molar-refractivity contribution in [1.29, 1.82) is 5.26 Å². The molecule has 0 spiro atoms. The van der Waals surface area contributed by atoms with Gasteiger partial charge in [0.1, 0.15) is 11.9 Å². The van der Waals surface area contributed by atoms with Crippen molar-refractivity contribution in [3.63, 3.8) is 0 Å². The Kier molecular flexibility index (Phi) is 5.66. The lowest BCUT2D eigenvalue weighted by Crippen LogP contribution is -2.61. The van der Waals surface area contributed by atoms with Gasteiger partial charge < -0.3 is 0 Å². The molecule has 1 heterocycles. The lowest BCUT2D eigenvalue weighted by molar-refractivity contribution is -0.141.